The molecule has 31 heavy (non-hydrogen) atoms. The zero-order valence-corrected chi connectivity index (χ0v) is 18.8. The topological polar surface area (TPSA) is 88.0 Å². The number of amides is 1. The van der Waals surface area contributed by atoms with Gasteiger partial charge >= 0.3 is 5.97 Å². The number of rotatable bonds is 8. The monoisotopic (exact) mass is 444 g/mol. The number of methoxy groups -OCH3 is 3. The third kappa shape index (κ3) is 4.66. The van der Waals surface area contributed by atoms with Crippen LogP contribution in [-0.4, -0.2) is 44.4 Å². The van der Waals surface area contributed by atoms with Crippen molar-refractivity contribution in [2.24, 2.45) is 0 Å². The second kappa shape index (κ2) is 9.57. The summed E-state index contributed by atoms with van der Waals surface area (Å²) in [5.41, 5.74) is 1.72. The van der Waals surface area contributed by atoms with Crippen molar-refractivity contribution in [2.45, 2.75) is 13.8 Å². The van der Waals surface area contributed by atoms with Crippen molar-refractivity contribution in [1.29, 1.82) is 0 Å². The molecule has 3 aromatic rings. The minimum Gasteiger partial charge on any atom is -0.493 e. The Hall–Kier alpha value is -3.46. The van der Waals surface area contributed by atoms with Gasteiger partial charge in [-0.15, -0.1) is 11.3 Å². The highest BCUT2D eigenvalue weighted by molar-refractivity contribution is 7.15. The van der Waals surface area contributed by atoms with Crippen molar-refractivity contribution < 1.29 is 28.5 Å². The fourth-order valence-corrected chi connectivity index (χ4v) is 4.17. The molecule has 0 saturated carbocycles. The number of thiophene rings is 1. The Morgan fingerprint density at radius 3 is 2.16 bits per heavy atom. The second-order valence-electron chi connectivity index (χ2n) is 6.59. The van der Waals surface area contributed by atoms with Gasteiger partial charge in [-0.3, -0.25) is 4.79 Å². The lowest BCUT2D eigenvalue weighted by atomic mass is 10.1. The molecule has 0 aliphatic carbocycles. The molecule has 0 fully saturated rings. The molecule has 0 saturated heterocycles. The largest absolute Gasteiger partial charge is 0.493 e. The molecule has 0 radical (unpaired) electrons. The van der Waals surface area contributed by atoms with Crippen LogP contribution in [-0.2, 0) is 9.53 Å². The minimum absolute atomic E-state index is 0.398. The number of anilines is 1. The quantitative estimate of drug-likeness (QED) is 0.529. The van der Waals surface area contributed by atoms with Gasteiger partial charge in [-0.25, -0.2) is 4.79 Å². The van der Waals surface area contributed by atoms with E-state index < -0.39 is 18.5 Å². The third-order valence-corrected chi connectivity index (χ3v) is 5.91. The number of nitrogens with zero attached hydrogens (tertiary/aromatic N) is 1. The summed E-state index contributed by atoms with van der Waals surface area (Å²) in [7, 11) is 4.46. The molecule has 0 aliphatic heterocycles. The van der Waals surface area contributed by atoms with Crippen LogP contribution in [0.5, 0.6) is 17.2 Å². The Labute approximate surface area is 184 Å². The number of hydrogen-bond acceptors (Lipinski definition) is 7. The van der Waals surface area contributed by atoms with Crippen LogP contribution in [0.15, 0.2) is 36.7 Å². The summed E-state index contributed by atoms with van der Waals surface area (Å²) in [4.78, 5) is 26.2. The summed E-state index contributed by atoms with van der Waals surface area (Å²) in [5, 5.41) is 3.44. The van der Waals surface area contributed by atoms with Crippen LogP contribution in [0.4, 0.5) is 5.69 Å². The van der Waals surface area contributed by atoms with Crippen molar-refractivity contribution in [3.8, 4) is 22.2 Å². The van der Waals surface area contributed by atoms with Crippen LogP contribution < -0.4 is 19.5 Å². The number of esters is 1. The molecule has 8 nitrogen and oxygen atoms in total. The lowest BCUT2D eigenvalue weighted by Gasteiger charge is -2.14. The van der Waals surface area contributed by atoms with Gasteiger partial charge in [0, 0.05) is 35.1 Å². The fraction of sp³-hybridized carbons (Fsp3) is 0.273. The molecule has 0 atom stereocenters. The highest BCUT2D eigenvalue weighted by atomic mass is 32.1. The molecule has 0 aliphatic rings. The van der Waals surface area contributed by atoms with Crippen molar-refractivity contribution in [1.82, 2.24) is 4.57 Å². The number of nitrogens with one attached hydrogen (secondary N) is 1. The van der Waals surface area contributed by atoms with Crippen molar-refractivity contribution >= 4 is 28.9 Å². The molecule has 3 rings (SSSR count). The zero-order chi connectivity index (χ0) is 22.5. The predicted octanol–water partition coefficient (Wildman–Crippen LogP) is 3.98. The molecule has 2 aromatic heterocycles. The molecule has 0 unspecified atom stereocenters. The first kappa shape index (κ1) is 22.2. The number of aryl methyl sites for hydroxylation is 1. The van der Waals surface area contributed by atoms with Gasteiger partial charge in [0.2, 0.25) is 5.75 Å². The first-order valence-electron chi connectivity index (χ1n) is 9.39. The Morgan fingerprint density at radius 2 is 1.61 bits per heavy atom. The standard InChI is InChI=1S/C22H24N2O6S/c1-13-14(2)31-21(24-8-6-7-9-24)19(13)22(26)30-12-18(25)23-15-10-16(27-3)20(29-5)17(11-15)28-4/h6-11H,12H2,1-5H3,(H,23,25). The average molecular weight is 445 g/mol. The van der Waals surface area contributed by atoms with E-state index in [2.05, 4.69) is 5.32 Å². The maximum absolute atomic E-state index is 12.8. The highest BCUT2D eigenvalue weighted by Crippen LogP contribution is 2.40. The third-order valence-electron chi connectivity index (χ3n) is 4.69. The number of carbonyl (C=O) groups excluding carboxylic acids is 2. The zero-order valence-electron chi connectivity index (χ0n) is 18.0. The van der Waals surface area contributed by atoms with Gasteiger partial charge in [0.1, 0.15) is 5.00 Å². The van der Waals surface area contributed by atoms with E-state index in [-0.39, 0.29) is 0 Å². The molecule has 9 heteroatoms. The maximum atomic E-state index is 12.8. The van der Waals surface area contributed by atoms with Crippen LogP contribution >= 0.6 is 11.3 Å². The molecule has 0 spiro atoms. The summed E-state index contributed by atoms with van der Waals surface area (Å²) in [5.74, 6) is 0.167. The molecule has 1 amide bonds. The van der Waals surface area contributed by atoms with Crippen LogP contribution in [0, 0.1) is 13.8 Å². The van der Waals surface area contributed by atoms with Gasteiger partial charge in [-0.2, -0.15) is 0 Å². The summed E-state index contributed by atoms with van der Waals surface area (Å²) < 4.78 is 23.0. The van der Waals surface area contributed by atoms with Gasteiger partial charge in [-0.05, 0) is 31.5 Å². The maximum Gasteiger partial charge on any atom is 0.341 e. The minimum atomic E-state index is -0.550. The fourth-order valence-electron chi connectivity index (χ4n) is 3.05. The summed E-state index contributed by atoms with van der Waals surface area (Å²) in [6.07, 6.45) is 3.72. The van der Waals surface area contributed by atoms with E-state index in [1.54, 1.807) is 12.1 Å². The Morgan fingerprint density at radius 1 is 1.00 bits per heavy atom. The van der Waals surface area contributed by atoms with Gasteiger partial charge in [0.05, 0.1) is 26.9 Å². The number of hydrogen-bond donors (Lipinski definition) is 1. The molecule has 1 aromatic carbocycles. The summed E-state index contributed by atoms with van der Waals surface area (Å²) in [6, 6.07) is 6.95. The Balaban J connectivity index is 1.72. The normalized spacial score (nSPS) is 10.5. The van der Waals surface area contributed by atoms with E-state index in [0.717, 1.165) is 15.4 Å². The second-order valence-corrected chi connectivity index (χ2v) is 7.80. The van der Waals surface area contributed by atoms with Crippen LogP contribution in [0.1, 0.15) is 20.8 Å². The van der Waals surface area contributed by atoms with E-state index in [1.807, 2.05) is 42.9 Å². The smallest absolute Gasteiger partial charge is 0.341 e. The van der Waals surface area contributed by atoms with E-state index >= 15 is 0 Å². The first-order chi connectivity index (χ1) is 14.9. The number of benzene rings is 1. The van der Waals surface area contributed by atoms with Crippen LogP contribution in [0.25, 0.3) is 5.00 Å². The van der Waals surface area contributed by atoms with Gasteiger partial charge in [-0.1, -0.05) is 0 Å². The van der Waals surface area contributed by atoms with E-state index in [9.17, 15) is 9.59 Å². The van der Waals surface area contributed by atoms with Crippen molar-refractivity contribution in [3.05, 3.63) is 52.7 Å². The summed E-state index contributed by atoms with van der Waals surface area (Å²) in [6.45, 7) is 3.38. The van der Waals surface area contributed by atoms with E-state index in [1.165, 1.54) is 32.7 Å². The molecular weight excluding hydrogens is 420 g/mol. The first-order valence-corrected chi connectivity index (χ1v) is 10.2. The molecule has 0 bridgehead atoms. The van der Waals surface area contributed by atoms with Crippen molar-refractivity contribution in [3.63, 3.8) is 0 Å². The Bertz CT molecular complexity index is 1060. The molecule has 1 N–H and O–H groups in total. The van der Waals surface area contributed by atoms with Gasteiger partial charge < -0.3 is 28.8 Å². The molecule has 164 valence electrons. The van der Waals surface area contributed by atoms with Crippen LogP contribution in [0.2, 0.25) is 0 Å². The predicted molar refractivity (Wildman–Crippen MR) is 118 cm³/mol. The lowest BCUT2D eigenvalue weighted by Crippen LogP contribution is -2.21. The Kier molecular flexibility index (Phi) is 6.86. The highest BCUT2D eigenvalue weighted by Gasteiger charge is 2.23. The van der Waals surface area contributed by atoms with E-state index in [0.29, 0.717) is 28.5 Å². The lowest BCUT2D eigenvalue weighted by molar-refractivity contribution is -0.119. The number of ether oxygens (including phenoxy) is 4. The van der Waals surface area contributed by atoms with Gasteiger partial charge in [0.25, 0.3) is 5.91 Å². The SMILES string of the molecule is COc1cc(NC(=O)COC(=O)c2c(-n3cccc3)sc(C)c2C)cc(OC)c1OC. The molecular formula is C22H24N2O6S. The van der Waals surface area contributed by atoms with Gasteiger partial charge in [0.15, 0.2) is 18.1 Å². The summed E-state index contributed by atoms with van der Waals surface area (Å²) >= 11 is 1.50. The van der Waals surface area contributed by atoms with Crippen molar-refractivity contribution in [2.75, 3.05) is 33.3 Å². The van der Waals surface area contributed by atoms with E-state index in [4.69, 9.17) is 18.9 Å². The van der Waals surface area contributed by atoms with Crippen LogP contribution in [0.3, 0.4) is 0 Å². The number of carbonyl (C=O) groups is 2. The number of aromatic nitrogens is 1. The molecule has 2 heterocycles. The average Bonchev–Trinajstić information content (AvgIpc) is 3.39.